The molecule has 0 aliphatic heterocycles. The summed E-state index contributed by atoms with van der Waals surface area (Å²) in [5, 5.41) is 6.91. The Balaban J connectivity index is 1.74. The molecule has 5 nitrogen and oxygen atoms in total. The van der Waals surface area contributed by atoms with Crippen LogP contribution in [0.4, 0.5) is 0 Å². The van der Waals surface area contributed by atoms with Crippen molar-refractivity contribution in [3.8, 4) is 0 Å². The van der Waals surface area contributed by atoms with Crippen LogP contribution in [-0.2, 0) is 6.42 Å². The molecule has 0 saturated carbocycles. The zero-order valence-electron chi connectivity index (χ0n) is 8.38. The van der Waals surface area contributed by atoms with Crippen molar-refractivity contribution < 1.29 is 4.52 Å². The average molecular weight is 224 g/mol. The summed E-state index contributed by atoms with van der Waals surface area (Å²) in [5.74, 6) is 0.666. The summed E-state index contributed by atoms with van der Waals surface area (Å²) in [7, 11) is 0. The number of rotatable bonds is 5. The fraction of sp³-hybridized carbons (Fsp3) is 0.444. The third-order valence-corrected chi connectivity index (χ3v) is 3.03. The van der Waals surface area contributed by atoms with E-state index < -0.39 is 0 Å². The summed E-state index contributed by atoms with van der Waals surface area (Å²) >= 11 is 1.65. The second kappa shape index (κ2) is 4.99. The highest BCUT2D eigenvalue weighted by Gasteiger charge is 2.06. The highest BCUT2D eigenvalue weighted by Crippen LogP contribution is 2.15. The molecule has 1 atom stereocenters. The van der Waals surface area contributed by atoms with Crippen LogP contribution in [0.1, 0.15) is 23.7 Å². The maximum Gasteiger partial charge on any atom is 0.227 e. The van der Waals surface area contributed by atoms with Gasteiger partial charge in [-0.15, -0.1) is 11.3 Å². The van der Waals surface area contributed by atoms with E-state index in [1.807, 2.05) is 11.7 Å². The van der Waals surface area contributed by atoms with E-state index in [0.717, 1.165) is 13.0 Å². The molecule has 1 unspecified atom stereocenters. The van der Waals surface area contributed by atoms with Crippen LogP contribution in [0.3, 0.4) is 0 Å². The Bertz CT molecular complexity index is 373. The minimum Gasteiger partial charge on any atom is -0.340 e. The van der Waals surface area contributed by atoms with Crippen molar-refractivity contribution in [1.29, 1.82) is 0 Å². The van der Waals surface area contributed by atoms with Gasteiger partial charge in [0, 0.05) is 30.1 Å². The van der Waals surface area contributed by atoms with Gasteiger partial charge < -0.3 is 9.84 Å². The lowest BCUT2D eigenvalue weighted by molar-refractivity contribution is 0.372. The molecule has 0 bridgehead atoms. The minimum atomic E-state index is 0.320. The standard InChI is InChI=1S/C9H12N4OS/c1-7(8-4-10-6-15-8)11-3-2-9-12-5-13-14-9/h4-7,11H,2-3H2,1H3. The van der Waals surface area contributed by atoms with Crippen molar-refractivity contribution in [2.75, 3.05) is 6.54 Å². The zero-order chi connectivity index (χ0) is 10.5. The summed E-state index contributed by atoms with van der Waals surface area (Å²) in [5.41, 5.74) is 1.84. The molecule has 15 heavy (non-hydrogen) atoms. The van der Waals surface area contributed by atoms with Crippen molar-refractivity contribution in [1.82, 2.24) is 20.4 Å². The van der Waals surface area contributed by atoms with Gasteiger partial charge in [-0.3, -0.25) is 4.98 Å². The highest BCUT2D eigenvalue weighted by atomic mass is 32.1. The maximum atomic E-state index is 4.90. The van der Waals surface area contributed by atoms with E-state index in [2.05, 4.69) is 27.4 Å². The molecule has 0 amide bonds. The molecule has 0 aliphatic carbocycles. The first-order valence-electron chi connectivity index (χ1n) is 4.73. The van der Waals surface area contributed by atoms with Crippen LogP contribution in [0, 0.1) is 0 Å². The third kappa shape index (κ3) is 2.84. The molecule has 0 radical (unpaired) electrons. The first kappa shape index (κ1) is 10.3. The van der Waals surface area contributed by atoms with Crippen molar-refractivity contribution >= 4 is 11.3 Å². The molecule has 0 aromatic carbocycles. The van der Waals surface area contributed by atoms with Crippen LogP contribution in [0.2, 0.25) is 0 Å². The van der Waals surface area contributed by atoms with Crippen molar-refractivity contribution in [2.24, 2.45) is 0 Å². The predicted octanol–water partition coefficient (Wildman–Crippen LogP) is 1.42. The minimum absolute atomic E-state index is 0.320. The van der Waals surface area contributed by atoms with E-state index in [0.29, 0.717) is 11.9 Å². The Hall–Kier alpha value is -1.27. The number of nitrogens with one attached hydrogen (secondary N) is 1. The molecule has 0 aliphatic rings. The number of hydrogen-bond donors (Lipinski definition) is 1. The smallest absolute Gasteiger partial charge is 0.227 e. The van der Waals surface area contributed by atoms with E-state index in [4.69, 9.17) is 4.52 Å². The fourth-order valence-corrected chi connectivity index (χ4v) is 1.89. The van der Waals surface area contributed by atoms with Crippen LogP contribution in [0.25, 0.3) is 0 Å². The van der Waals surface area contributed by atoms with Gasteiger partial charge in [0.15, 0.2) is 6.33 Å². The van der Waals surface area contributed by atoms with Gasteiger partial charge in [-0.05, 0) is 6.92 Å². The van der Waals surface area contributed by atoms with Gasteiger partial charge in [0.2, 0.25) is 5.89 Å². The summed E-state index contributed by atoms with van der Waals surface area (Å²) in [6, 6.07) is 0.320. The second-order valence-corrected chi connectivity index (χ2v) is 4.08. The maximum absolute atomic E-state index is 4.90. The van der Waals surface area contributed by atoms with Crippen LogP contribution >= 0.6 is 11.3 Å². The number of hydrogen-bond acceptors (Lipinski definition) is 6. The summed E-state index contributed by atoms with van der Waals surface area (Å²) in [4.78, 5) is 9.22. The molecular weight excluding hydrogens is 212 g/mol. The Kier molecular flexibility index (Phi) is 3.41. The van der Waals surface area contributed by atoms with Crippen LogP contribution in [-0.4, -0.2) is 21.7 Å². The Morgan fingerprint density at radius 3 is 3.20 bits per heavy atom. The molecule has 80 valence electrons. The molecule has 1 N–H and O–H groups in total. The highest BCUT2D eigenvalue weighted by molar-refractivity contribution is 7.09. The summed E-state index contributed by atoms with van der Waals surface area (Å²) in [6.45, 7) is 2.93. The van der Waals surface area contributed by atoms with E-state index in [1.54, 1.807) is 11.3 Å². The third-order valence-electron chi connectivity index (χ3n) is 2.07. The summed E-state index contributed by atoms with van der Waals surface area (Å²) in [6.07, 6.45) is 4.06. The normalized spacial score (nSPS) is 12.9. The molecule has 6 heteroatoms. The van der Waals surface area contributed by atoms with E-state index in [-0.39, 0.29) is 0 Å². The molecule has 0 saturated heterocycles. The molecule has 2 aromatic heterocycles. The average Bonchev–Trinajstić information content (AvgIpc) is 2.90. The lowest BCUT2D eigenvalue weighted by atomic mass is 10.3. The van der Waals surface area contributed by atoms with Gasteiger partial charge in [-0.1, -0.05) is 5.16 Å². The Morgan fingerprint density at radius 1 is 1.60 bits per heavy atom. The largest absolute Gasteiger partial charge is 0.340 e. The van der Waals surface area contributed by atoms with Crippen LogP contribution in [0.15, 0.2) is 22.6 Å². The van der Waals surface area contributed by atoms with Crippen molar-refractivity contribution in [3.05, 3.63) is 28.8 Å². The Morgan fingerprint density at radius 2 is 2.53 bits per heavy atom. The van der Waals surface area contributed by atoms with Crippen LogP contribution in [0.5, 0.6) is 0 Å². The predicted molar refractivity (Wildman–Crippen MR) is 56.5 cm³/mol. The Labute approximate surface area is 91.5 Å². The first-order valence-corrected chi connectivity index (χ1v) is 5.61. The van der Waals surface area contributed by atoms with Gasteiger partial charge in [0.05, 0.1) is 5.51 Å². The van der Waals surface area contributed by atoms with Crippen molar-refractivity contribution in [3.63, 3.8) is 0 Å². The van der Waals surface area contributed by atoms with E-state index in [9.17, 15) is 0 Å². The van der Waals surface area contributed by atoms with Gasteiger partial charge in [0.25, 0.3) is 0 Å². The molecule has 2 rings (SSSR count). The van der Waals surface area contributed by atoms with Gasteiger partial charge >= 0.3 is 0 Å². The monoisotopic (exact) mass is 224 g/mol. The van der Waals surface area contributed by atoms with Gasteiger partial charge in [-0.25, -0.2) is 0 Å². The lowest BCUT2D eigenvalue weighted by Gasteiger charge is -2.09. The van der Waals surface area contributed by atoms with Gasteiger partial charge in [0.1, 0.15) is 0 Å². The molecule has 0 spiro atoms. The molecule has 2 aromatic rings. The number of nitrogens with zero attached hydrogens (tertiary/aromatic N) is 3. The summed E-state index contributed by atoms with van der Waals surface area (Å²) < 4.78 is 4.90. The quantitative estimate of drug-likeness (QED) is 0.832. The molecule has 0 fully saturated rings. The molecule has 2 heterocycles. The lowest BCUT2D eigenvalue weighted by Crippen LogP contribution is -2.20. The second-order valence-electron chi connectivity index (χ2n) is 3.16. The molecular formula is C9H12N4OS. The first-order chi connectivity index (χ1) is 7.36. The SMILES string of the molecule is CC(NCCc1ncno1)c1cncs1. The fourth-order valence-electron chi connectivity index (χ4n) is 1.24. The van der Waals surface area contributed by atoms with Gasteiger partial charge in [-0.2, -0.15) is 4.98 Å². The topological polar surface area (TPSA) is 63.8 Å². The number of aromatic nitrogens is 3. The number of thiazole rings is 1. The van der Waals surface area contributed by atoms with E-state index in [1.165, 1.54) is 11.2 Å². The van der Waals surface area contributed by atoms with E-state index >= 15 is 0 Å². The van der Waals surface area contributed by atoms with Crippen LogP contribution < -0.4 is 5.32 Å². The zero-order valence-corrected chi connectivity index (χ0v) is 9.20. The van der Waals surface area contributed by atoms with Crippen molar-refractivity contribution in [2.45, 2.75) is 19.4 Å².